The number of likely N-dealkylation sites (tertiary alicyclic amines) is 2. The highest BCUT2D eigenvalue weighted by Crippen LogP contribution is 2.29. The second kappa shape index (κ2) is 34.4. The number of anilines is 2. The van der Waals surface area contributed by atoms with Crippen LogP contribution in [-0.4, -0.2) is 134 Å². The van der Waals surface area contributed by atoms with Gasteiger partial charge in [0.1, 0.15) is 35.7 Å². The van der Waals surface area contributed by atoms with E-state index in [-0.39, 0.29) is 35.4 Å². The topological polar surface area (TPSA) is 273 Å². The summed E-state index contributed by atoms with van der Waals surface area (Å²) in [5.74, 6) is -0.807. The molecular formula is C70H86N12O9. The molecule has 0 radical (unpaired) electrons. The van der Waals surface area contributed by atoms with Crippen LogP contribution in [0.3, 0.4) is 0 Å². The number of nitrogens with zero attached hydrogens (tertiary/aromatic N) is 2. The molecule has 2 heterocycles. The molecule has 21 nitrogen and oxygen atoms in total. The SMILES string of the molecule is CN[C@@H](C)C(=O)N[C@@H](CCCCNC(=O)Nc1ccc(Oc2ccc(NC(=O)NCCCC[C@H](NC(=O)[C@H](C)NC)C(=O)N3CCC[C@H]3C(=O)NC(c3ccccc3)c3ccccc3)cc2)cc1)C(=O)N1CCC[C@H]1C(=O)NC(c1ccccc1)c1ccccc1. The van der Waals surface area contributed by atoms with Gasteiger partial charge in [-0.2, -0.15) is 0 Å². The summed E-state index contributed by atoms with van der Waals surface area (Å²) in [5, 5.41) is 29.4. The lowest BCUT2D eigenvalue weighted by molar-refractivity contribution is -0.142. The van der Waals surface area contributed by atoms with Crippen LogP contribution < -0.4 is 57.9 Å². The van der Waals surface area contributed by atoms with Crippen molar-refractivity contribution in [3.63, 3.8) is 0 Å². The fourth-order valence-electron chi connectivity index (χ4n) is 11.2. The minimum absolute atomic E-state index is 0.261. The number of rotatable bonds is 30. The van der Waals surface area contributed by atoms with Crippen molar-refractivity contribution in [2.45, 2.75) is 126 Å². The van der Waals surface area contributed by atoms with Crippen LogP contribution in [0.4, 0.5) is 21.0 Å². The first-order chi connectivity index (χ1) is 44.2. The minimum Gasteiger partial charge on any atom is -0.457 e. The van der Waals surface area contributed by atoms with Gasteiger partial charge < -0.3 is 67.7 Å². The molecule has 2 fully saturated rings. The number of benzene rings is 6. The Balaban J connectivity index is 0.744. The lowest BCUT2D eigenvalue weighted by atomic mass is 9.98. The van der Waals surface area contributed by atoms with Crippen molar-refractivity contribution in [2.75, 3.05) is 50.9 Å². The van der Waals surface area contributed by atoms with Crippen molar-refractivity contribution in [1.82, 2.24) is 52.3 Å². The highest BCUT2D eigenvalue weighted by atomic mass is 16.5. The molecule has 8 rings (SSSR count). The molecule has 21 heteroatoms. The van der Waals surface area contributed by atoms with E-state index in [2.05, 4.69) is 53.2 Å². The summed E-state index contributed by atoms with van der Waals surface area (Å²) >= 11 is 0. The Bertz CT molecular complexity index is 3030. The maximum absolute atomic E-state index is 14.3. The number of carbonyl (C=O) groups excluding carboxylic acids is 8. The number of carbonyl (C=O) groups is 8. The molecule has 0 saturated carbocycles. The third-order valence-corrected chi connectivity index (χ3v) is 16.5. The number of unbranched alkanes of at least 4 members (excludes halogenated alkanes) is 2. The van der Waals surface area contributed by atoms with Gasteiger partial charge in [-0.05, 0) is 163 Å². The van der Waals surface area contributed by atoms with E-state index in [1.807, 2.05) is 121 Å². The number of hydrogen-bond donors (Lipinski definition) is 10. The quantitative estimate of drug-likeness (QED) is 0.0193. The Morgan fingerprint density at radius 1 is 0.440 bits per heavy atom. The lowest BCUT2D eigenvalue weighted by Gasteiger charge is -2.30. The van der Waals surface area contributed by atoms with E-state index >= 15 is 0 Å². The Hall–Kier alpha value is -9.60. The van der Waals surface area contributed by atoms with Gasteiger partial charge in [0.25, 0.3) is 0 Å². The van der Waals surface area contributed by atoms with Crippen LogP contribution in [0.2, 0.25) is 0 Å². The van der Waals surface area contributed by atoms with Gasteiger partial charge in [0.2, 0.25) is 35.4 Å². The second-order valence-electron chi connectivity index (χ2n) is 23.0. The highest BCUT2D eigenvalue weighted by molar-refractivity contribution is 5.95. The van der Waals surface area contributed by atoms with Crippen molar-refractivity contribution in [3.8, 4) is 11.5 Å². The van der Waals surface area contributed by atoms with Crippen LogP contribution >= 0.6 is 0 Å². The fraction of sp³-hybridized carbons (Fsp3) is 0.371. The van der Waals surface area contributed by atoms with Gasteiger partial charge in [-0.25, -0.2) is 9.59 Å². The number of amides is 10. The van der Waals surface area contributed by atoms with Crippen LogP contribution in [0.25, 0.3) is 0 Å². The van der Waals surface area contributed by atoms with Crippen LogP contribution in [-0.2, 0) is 28.8 Å². The van der Waals surface area contributed by atoms with Crippen molar-refractivity contribution >= 4 is 58.9 Å². The van der Waals surface area contributed by atoms with Crippen LogP contribution in [0.5, 0.6) is 11.5 Å². The van der Waals surface area contributed by atoms with Crippen LogP contribution in [0.15, 0.2) is 170 Å². The fourth-order valence-corrected chi connectivity index (χ4v) is 11.2. The molecule has 6 atom stereocenters. The van der Waals surface area contributed by atoms with Gasteiger partial charge in [-0.1, -0.05) is 121 Å². The molecule has 2 aliphatic heterocycles. The lowest BCUT2D eigenvalue weighted by Crippen LogP contribution is -2.55. The van der Waals surface area contributed by atoms with E-state index in [9.17, 15) is 38.4 Å². The predicted molar refractivity (Wildman–Crippen MR) is 351 cm³/mol. The summed E-state index contributed by atoms with van der Waals surface area (Å²) in [6.45, 7) is 4.79. The highest BCUT2D eigenvalue weighted by Gasteiger charge is 2.40. The van der Waals surface area contributed by atoms with Gasteiger partial charge in [-0.15, -0.1) is 0 Å². The largest absolute Gasteiger partial charge is 0.457 e. The number of urea groups is 2. The third kappa shape index (κ3) is 19.7. The molecule has 10 N–H and O–H groups in total. The molecular weight excluding hydrogens is 1150 g/mol. The molecule has 0 aliphatic carbocycles. The van der Waals surface area contributed by atoms with Crippen molar-refractivity contribution in [3.05, 3.63) is 192 Å². The van der Waals surface area contributed by atoms with Crippen molar-refractivity contribution in [1.29, 1.82) is 0 Å². The monoisotopic (exact) mass is 1240 g/mol. The zero-order valence-electron chi connectivity index (χ0n) is 52.3. The van der Waals surface area contributed by atoms with Crippen LogP contribution in [0, 0.1) is 0 Å². The van der Waals surface area contributed by atoms with E-state index in [0.29, 0.717) is 113 Å². The zero-order valence-corrected chi connectivity index (χ0v) is 52.3. The summed E-state index contributed by atoms with van der Waals surface area (Å²) in [4.78, 5) is 112. The average Bonchev–Trinajstić information content (AvgIpc) is 2.45. The molecule has 0 unspecified atom stereocenters. The first-order valence-electron chi connectivity index (χ1n) is 31.5. The van der Waals surface area contributed by atoms with Gasteiger partial charge in [0, 0.05) is 37.6 Å². The molecule has 6 aromatic rings. The first kappa shape index (κ1) is 67.3. The molecule has 2 saturated heterocycles. The molecule has 2 aliphatic rings. The second-order valence-corrected chi connectivity index (χ2v) is 23.0. The van der Waals surface area contributed by atoms with E-state index in [1.165, 1.54) is 0 Å². The van der Waals surface area contributed by atoms with Crippen molar-refractivity contribution in [2.24, 2.45) is 0 Å². The summed E-state index contributed by atoms with van der Waals surface area (Å²) in [7, 11) is 3.33. The summed E-state index contributed by atoms with van der Waals surface area (Å²) in [6.07, 6.45) is 4.92. The van der Waals surface area contributed by atoms with Gasteiger partial charge in [0.05, 0.1) is 24.2 Å². The Morgan fingerprint density at radius 2 is 0.769 bits per heavy atom. The first-order valence-corrected chi connectivity index (χ1v) is 31.5. The standard InChI is InChI=1S/C70H86N12O9/c1-47(71-3)63(83)77-57(67(87)81-45-21-33-59(81)65(85)79-61(49-23-9-5-10-24-49)50-25-11-6-12-26-50)31-17-19-43-73-69(89)75-53-35-39-55(40-36-53)91-56-41-37-54(38-42-56)76-70(90)74-44-20-18-32-58(78-64(84)48(2)72-4)68(88)82-46-22-34-60(82)66(86)80-62(51-27-13-7-14-28-51)52-29-15-8-16-30-52/h5-16,23-30,35-42,47-48,57-62,71-72H,17-22,31-34,43-46H2,1-4H3,(H,77,83)(H,78,84)(H,79,85)(H,80,86)(H2,73,75,89)(H2,74,76,90)/t47-,48-,57-,58-,59-,60-/m0/s1. The van der Waals surface area contributed by atoms with E-state index in [0.717, 1.165) is 22.3 Å². The van der Waals surface area contributed by atoms with Gasteiger partial charge >= 0.3 is 12.1 Å². The molecule has 0 bridgehead atoms. The maximum atomic E-state index is 14.3. The molecule has 91 heavy (non-hydrogen) atoms. The van der Waals surface area contributed by atoms with E-state index < -0.39 is 60.4 Å². The molecule has 0 spiro atoms. The Kier molecular flexibility index (Phi) is 25.4. The minimum atomic E-state index is -0.877. The van der Waals surface area contributed by atoms with E-state index in [1.54, 1.807) is 86.3 Å². The van der Waals surface area contributed by atoms with Gasteiger partial charge in [-0.3, -0.25) is 28.8 Å². The number of hydrogen-bond acceptors (Lipinski definition) is 11. The summed E-state index contributed by atoms with van der Waals surface area (Å²) in [5.41, 5.74) is 4.72. The Labute approximate surface area is 533 Å². The smallest absolute Gasteiger partial charge is 0.319 e. The molecule has 480 valence electrons. The summed E-state index contributed by atoms with van der Waals surface area (Å²) in [6, 6.07) is 46.5. The number of likely N-dealkylation sites (N-methyl/N-ethyl adjacent to an activating group) is 2. The van der Waals surface area contributed by atoms with Gasteiger partial charge in [0.15, 0.2) is 0 Å². The average molecular weight is 1240 g/mol. The normalized spacial score (nSPS) is 15.8. The Morgan fingerprint density at radius 3 is 1.09 bits per heavy atom. The summed E-state index contributed by atoms with van der Waals surface area (Å²) < 4.78 is 6.03. The predicted octanol–water partition coefficient (Wildman–Crippen LogP) is 8.04. The maximum Gasteiger partial charge on any atom is 0.319 e. The number of ether oxygens (including phenoxy) is 1. The van der Waals surface area contributed by atoms with Crippen LogP contribution in [0.1, 0.15) is 112 Å². The zero-order chi connectivity index (χ0) is 64.5. The molecule has 6 aromatic carbocycles. The number of nitrogens with one attached hydrogen (secondary N) is 10. The molecule has 0 aromatic heterocycles. The third-order valence-electron chi connectivity index (χ3n) is 16.5. The van der Waals surface area contributed by atoms with E-state index in [4.69, 9.17) is 4.74 Å². The van der Waals surface area contributed by atoms with Crippen molar-refractivity contribution < 1.29 is 43.1 Å². The molecule has 10 amide bonds.